The number of nitrogens with one attached hydrogen (secondary N) is 1. The van der Waals surface area contributed by atoms with Crippen molar-refractivity contribution >= 4 is 0 Å². The van der Waals surface area contributed by atoms with Crippen LogP contribution in [0.2, 0.25) is 0 Å². The molecule has 0 amide bonds. The van der Waals surface area contributed by atoms with Crippen molar-refractivity contribution in [3.8, 4) is 0 Å². The van der Waals surface area contributed by atoms with Crippen molar-refractivity contribution in [3.63, 3.8) is 0 Å². The molecule has 0 aliphatic heterocycles. The van der Waals surface area contributed by atoms with Gasteiger partial charge in [-0.15, -0.1) is 0 Å². The zero-order valence-corrected chi connectivity index (χ0v) is 11.7. The van der Waals surface area contributed by atoms with Crippen molar-refractivity contribution in [1.29, 1.82) is 0 Å². The zero-order chi connectivity index (χ0) is 13.3. The number of hydrogen-bond acceptors (Lipinski definition) is 4. The lowest BCUT2D eigenvalue weighted by molar-refractivity contribution is -0.00579. The van der Waals surface area contributed by atoms with E-state index in [-0.39, 0.29) is 5.54 Å². The first-order valence-electron chi connectivity index (χ1n) is 6.01. The monoisotopic (exact) mass is 240 g/mol. The van der Waals surface area contributed by atoms with E-state index in [1.165, 1.54) is 0 Å². The van der Waals surface area contributed by atoms with Crippen molar-refractivity contribution < 1.29 is 5.11 Å². The molecule has 17 heavy (non-hydrogen) atoms. The molecule has 1 aromatic rings. The Kier molecular flexibility index (Phi) is 3.94. The average molecular weight is 240 g/mol. The van der Waals surface area contributed by atoms with Gasteiger partial charge in [0.15, 0.2) is 0 Å². The van der Waals surface area contributed by atoms with E-state index in [1.807, 2.05) is 18.5 Å². The van der Waals surface area contributed by atoms with Crippen LogP contribution in [-0.4, -0.2) is 31.0 Å². The lowest BCUT2D eigenvalue weighted by Crippen LogP contribution is -2.55. The van der Waals surface area contributed by atoms with Crippen LogP contribution in [-0.2, 0) is 6.54 Å². The Hall–Kier alpha value is -0.940. The minimum absolute atomic E-state index is 0.291. The van der Waals surface area contributed by atoms with E-state index < -0.39 is 5.60 Å². The van der Waals surface area contributed by atoms with E-state index in [0.29, 0.717) is 12.6 Å². The minimum Gasteiger partial charge on any atom is -0.389 e. The zero-order valence-electron chi connectivity index (χ0n) is 11.7. The second kappa shape index (κ2) is 4.74. The van der Waals surface area contributed by atoms with Gasteiger partial charge in [-0.25, -0.2) is 9.67 Å². The molecule has 0 saturated carbocycles. The van der Waals surface area contributed by atoms with E-state index in [1.54, 1.807) is 20.2 Å². The Labute approximate surface area is 103 Å². The highest BCUT2D eigenvalue weighted by Gasteiger charge is 2.34. The molecule has 1 aromatic heterocycles. The third kappa shape index (κ3) is 3.26. The molecule has 0 saturated heterocycles. The molecule has 98 valence electrons. The fourth-order valence-corrected chi connectivity index (χ4v) is 1.35. The van der Waals surface area contributed by atoms with Crippen molar-refractivity contribution in [2.75, 3.05) is 0 Å². The van der Waals surface area contributed by atoms with Gasteiger partial charge in [0.1, 0.15) is 12.2 Å². The normalized spacial score (nSPS) is 13.4. The summed E-state index contributed by atoms with van der Waals surface area (Å²) in [7, 11) is 0. The minimum atomic E-state index is -0.796. The van der Waals surface area contributed by atoms with Crippen LogP contribution in [0.4, 0.5) is 0 Å². The van der Waals surface area contributed by atoms with Crippen LogP contribution in [0.25, 0.3) is 0 Å². The molecule has 0 radical (unpaired) electrons. The number of aliphatic hydroxyl groups is 1. The largest absolute Gasteiger partial charge is 0.389 e. The Morgan fingerprint density at radius 2 is 1.94 bits per heavy atom. The van der Waals surface area contributed by atoms with Crippen LogP contribution in [0, 0.1) is 0 Å². The fraction of sp³-hybridized carbons (Fsp3) is 0.833. The molecule has 2 N–H and O–H groups in total. The maximum absolute atomic E-state index is 10.0. The summed E-state index contributed by atoms with van der Waals surface area (Å²) in [6, 6.07) is 0.291. The summed E-state index contributed by atoms with van der Waals surface area (Å²) in [6.45, 7) is 12.3. The van der Waals surface area contributed by atoms with Gasteiger partial charge in [0, 0.05) is 11.6 Å². The predicted molar refractivity (Wildman–Crippen MR) is 67.6 cm³/mol. The van der Waals surface area contributed by atoms with Gasteiger partial charge in [-0.2, -0.15) is 5.10 Å². The summed E-state index contributed by atoms with van der Waals surface area (Å²) < 4.78 is 1.88. The molecule has 0 spiro atoms. The number of aromatic nitrogens is 3. The molecule has 0 aliphatic carbocycles. The van der Waals surface area contributed by atoms with Crippen molar-refractivity contribution in [2.45, 2.75) is 65.3 Å². The van der Waals surface area contributed by atoms with Gasteiger partial charge in [-0.1, -0.05) is 0 Å². The van der Waals surface area contributed by atoms with Crippen LogP contribution in [0.3, 0.4) is 0 Å². The van der Waals surface area contributed by atoms with Gasteiger partial charge >= 0.3 is 0 Å². The summed E-state index contributed by atoms with van der Waals surface area (Å²) in [5.41, 5.74) is -1.18. The Balaban J connectivity index is 2.71. The SMILES string of the molecule is CC(C)n1ncnc1CNC(C)(C)C(C)(C)O. The van der Waals surface area contributed by atoms with Crippen LogP contribution < -0.4 is 5.32 Å². The standard InChI is InChI=1S/C12H24N4O/c1-9(2)16-10(13-8-15-16)7-14-11(3,4)12(5,6)17/h8-9,14,17H,7H2,1-6H3. The van der Waals surface area contributed by atoms with Crippen LogP contribution in [0.1, 0.15) is 53.4 Å². The molecule has 0 aliphatic rings. The number of nitrogens with zero attached hydrogens (tertiary/aromatic N) is 3. The molecule has 0 unspecified atom stereocenters. The maximum atomic E-state index is 10.0. The van der Waals surface area contributed by atoms with Gasteiger partial charge in [0.2, 0.25) is 0 Å². The third-order valence-corrected chi connectivity index (χ3v) is 3.35. The highest BCUT2D eigenvalue weighted by molar-refractivity contribution is 4.96. The molecular weight excluding hydrogens is 216 g/mol. The fourth-order valence-electron chi connectivity index (χ4n) is 1.35. The maximum Gasteiger partial charge on any atom is 0.141 e. The summed E-state index contributed by atoms with van der Waals surface area (Å²) in [4.78, 5) is 4.23. The smallest absolute Gasteiger partial charge is 0.141 e. The van der Waals surface area contributed by atoms with Gasteiger partial charge in [-0.3, -0.25) is 0 Å². The molecule has 0 aromatic carbocycles. The van der Waals surface area contributed by atoms with E-state index >= 15 is 0 Å². The van der Waals surface area contributed by atoms with E-state index in [0.717, 1.165) is 5.82 Å². The lowest BCUT2D eigenvalue weighted by atomic mass is 9.86. The first-order chi connectivity index (χ1) is 7.65. The predicted octanol–water partition coefficient (Wildman–Crippen LogP) is 1.50. The average Bonchev–Trinajstić information content (AvgIpc) is 2.60. The molecule has 5 heteroatoms. The van der Waals surface area contributed by atoms with Crippen LogP contribution >= 0.6 is 0 Å². The van der Waals surface area contributed by atoms with Crippen molar-refractivity contribution in [3.05, 3.63) is 12.2 Å². The second-order valence-electron chi connectivity index (χ2n) is 5.75. The molecule has 0 fully saturated rings. The van der Waals surface area contributed by atoms with Crippen LogP contribution in [0.15, 0.2) is 6.33 Å². The van der Waals surface area contributed by atoms with Gasteiger partial charge < -0.3 is 10.4 Å². The molecule has 0 bridgehead atoms. The summed E-state index contributed by atoms with van der Waals surface area (Å²) >= 11 is 0. The first kappa shape index (κ1) is 14.1. The van der Waals surface area contributed by atoms with E-state index in [2.05, 4.69) is 29.2 Å². The number of rotatable bonds is 5. The lowest BCUT2D eigenvalue weighted by Gasteiger charge is -2.38. The topological polar surface area (TPSA) is 63.0 Å². The van der Waals surface area contributed by atoms with Crippen LogP contribution in [0.5, 0.6) is 0 Å². The Morgan fingerprint density at radius 1 is 1.35 bits per heavy atom. The van der Waals surface area contributed by atoms with E-state index in [9.17, 15) is 5.11 Å². The highest BCUT2D eigenvalue weighted by atomic mass is 16.3. The second-order valence-corrected chi connectivity index (χ2v) is 5.75. The Bertz CT molecular complexity index is 363. The molecule has 1 rings (SSSR count). The van der Waals surface area contributed by atoms with Crippen molar-refractivity contribution in [1.82, 2.24) is 20.1 Å². The molecule has 5 nitrogen and oxygen atoms in total. The van der Waals surface area contributed by atoms with E-state index in [4.69, 9.17) is 0 Å². The highest BCUT2D eigenvalue weighted by Crippen LogP contribution is 2.21. The van der Waals surface area contributed by atoms with Crippen molar-refractivity contribution in [2.24, 2.45) is 0 Å². The van der Waals surface area contributed by atoms with Gasteiger partial charge in [0.25, 0.3) is 0 Å². The number of hydrogen-bond donors (Lipinski definition) is 2. The Morgan fingerprint density at radius 3 is 2.41 bits per heavy atom. The molecule has 1 heterocycles. The van der Waals surface area contributed by atoms with Gasteiger partial charge in [-0.05, 0) is 41.5 Å². The molecule has 0 atom stereocenters. The summed E-state index contributed by atoms with van der Waals surface area (Å²) in [6.07, 6.45) is 1.56. The third-order valence-electron chi connectivity index (χ3n) is 3.35. The van der Waals surface area contributed by atoms with Gasteiger partial charge in [0.05, 0.1) is 12.1 Å². The first-order valence-corrected chi connectivity index (χ1v) is 6.01. The summed E-state index contributed by atoms with van der Waals surface area (Å²) in [5, 5.41) is 17.6. The molecular formula is C12H24N4O. The summed E-state index contributed by atoms with van der Waals surface area (Å²) in [5.74, 6) is 0.886. The quantitative estimate of drug-likeness (QED) is 0.818.